The van der Waals surface area contributed by atoms with Crippen LogP contribution in [0, 0.1) is 17.8 Å². The number of nitrogens with one attached hydrogen (secondary N) is 2. The van der Waals surface area contributed by atoms with Crippen molar-refractivity contribution >= 4 is 45.9 Å². The molecule has 1 fully saturated rings. The van der Waals surface area contributed by atoms with Crippen LogP contribution in [-0.2, 0) is 10.3 Å². The Labute approximate surface area is 241 Å². The molecule has 0 saturated carbocycles. The highest BCUT2D eigenvalue weighted by Gasteiger charge is 2.52. The van der Waals surface area contributed by atoms with Crippen molar-refractivity contribution in [1.82, 2.24) is 15.3 Å². The van der Waals surface area contributed by atoms with Crippen molar-refractivity contribution in [3.05, 3.63) is 70.3 Å². The first kappa shape index (κ1) is 27.8. The van der Waals surface area contributed by atoms with Crippen LogP contribution in [0.4, 0.5) is 5.82 Å². The molecule has 2 atom stereocenters. The Morgan fingerprint density at radius 1 is 1.15 bits per heavy atom. The minimum Gasteiger partial charge on any atom is -0.479 e. The highest BCUT2D eigenvalue weighted by Crippen LogP contribution is 2.49. The number of carbonyl (C=O) groups is 2. The number of hydrogen-bond donors (Lipinski definition) is 2. The zero-order valence-corrected chi connectivity index (χ0v) is 24.0. The molecule has 0 radical (unpaired) electrons. The fourth-order valence-electron chi connectivity index (χ4n) is 4.57. The van der Waals surface area contributed by atoms with Gasteiger partial charge < -0.3 is 20.1 Å². The predicted octanol–water partition coefficient (Wildman–Crippen LogP) is 4.74. The van der Waals surface area contributed by atoms with Gasteiger partial charge in [0.2, 0.25) is 0 Å². The summed E-state index contributed by atoms with van der Waals surface area (Å²) >= 11 is 2.94. The predicted molar refractivity (Wildman–Crippen MR) is 157 cm³/mol. The molecule has 11 heteroatoms. The second-order valence-corrected chi connectivity index (χ2v) is 11.9. The Kier molecular flexibility index (Phi) is 8.21. The molecule has 0 aliphatic carbocycles. The molecule has 2 aliphatic heterocycles. The molecule has 1 unspecified atom stereocenters. The van der Waals surface area contributed by atoms with Gasteiger partial charge in [0, 0.05) is 22.6 Å². The lowest BCUT2D eigenvalue weighted by atomic mass is 9.77. The van der Waals surface area contributed by atoms with Crippen LogP contribution >= 0.6 is 23.1 Å². The van der Waals surface area contributed by atoms with Crippen LogP contribution in [0.15, 0.2) is 59.0 Å². The summed E-state index contributed by atoms with van der Waals surface area (Å²) in [4.78, 5) is 39.7. The number of hydrogen-bond acceptors (Lipinski definition) is 9. The van der Waals surface area contributed by atoms with Gasteiger partial charge >= 0.3 is 0 Å². The van der Waals surface area contributed by atoms with Crippen LogP contribution in [0.5, 0.6) is 5.75 Å². The molecule has 3 aromatic rings. The molecule has 0 spiro atoms. The van der Waals surface area contributed by atoms with E-state index in [4.69, 9.17) is 19.5 Å². The average molecular weight is 576 g/mol. The van der Waals surface area contributed by atoms with Crippen molar-refractivity contribution in [2.75, 3.05) is 24.3 Å². The molecule has 2 amide bonds. The normalized spacial score (nSPS) is 21.2. The minimum atomic E-state index is -0.771. The van der Waals surface area contributed by atoms with Crippen molar-refractivity contribution in [3.63, 3.8) is 0 Å². The summed E-state index contributed by atoms with van der Waals surface area (Å²) in [6.07, 6.45) is 2.27. The van der Waals surface area contributed by atoms with E-state index < -0.39 is 5.54 Å². The Morgan fingerprint density at radius 3 is 2.73 bits per heavy atom. The van der Waals surface area contributed by atoms with E-state index in [0.29, 0.717) is 28.9 Å². The SMILES string of the molecule is CC#CCOc1ccc(C(=O)Nc2csc(C34COC(C)(C)C[C@@H]3CSC(NC(=O)c3ccccc3)=N4)n2)nc1. The van der Waals surface area contributed by atoms with E-state index in [1.54, 1.807) is 36.6 Å². The number of nitrogens with zero attached hydrogens (tertiary/aromatic N) is 3. The number of amides is 2. The standard InChI is InChI=1S/C29H29N5O4S2/c1-4-5-13-37-21-11-12-22(30-15-21)25(36)31-23-17-39-26(32-23)29-18-38-28(2,3)14-20(29)16-40-27(34-29)33-24(35)19-9-7-6-8-10-19/h6-12,15,17,20H,13-14,16,18H2,1-3H3,(H,31,36)(H,33,34,35)/t20-,29?/m1/s1. The second-order valence-electron chi connectivity index (χ2n) is 10.0. The number of fused-ring (bicyclic) bond motifs is 1. The minimum absolute atomic E-state index is 0.139. The van der Waals surface area contributed by atoms with Crippen LogP contribution in [-0.4, -0.2) is 51.5 Å². The summed E-state index contributed by atoms with van der Waals surface area (Å²) in [6.45, 7) is 6.47. The van der Waals surface area contributed by atoms with Gasteiger partial charge in [-0.3, -0.25) is 9.59 Å². The first-order valence-corrected chi connectivity index (χ1v) is 14.6. The Bertz CT molecular complexity index is 1480. The Morgan fingerprint density at radius 2 is 1.98 bits per heavy atom. The van der Waals surface area contributed by atoms with Crippen LogP contribution in [0.25, 0.3) is 0 Å². The molecule has 2 aromatic heterocycles. The van der Waals surface area contributed by atoms with Gasteiger partial charge in [0.15, 0.2) is 5.17 Å². The largest absolute Gasteiger partial charge is 0.479 e. The number of anilines is 1. The van der Waals surface area contributed by atoms with Gasteiger partial charge in [-0.1, -0.05) is 35.9 Å². The summed E-state index contributed by atoms with van der Waals surface area (Å²) in [7, 11) is 0. The molecule has 0 bridgehead atoms. The third kappa shape index (κ3) is 6.20. The number of rotatable bonds is 6. The number of carbonyl (C=O) groups excluding carboxylic acids is 2. The summed E-state index contributed by atoms with van der Waals surface area (Å²) in [5, 5.41) is 8.85. The second kappa shape index (κ2) is 11.8. The zero-order valence-electron chi connectivity index (χ0n) is 22.4. The van der Waals surface area contributed by atoms with E-state index >= 15 is 0 Å². The van der Waals surface area contributed by atoms with Crippen LogP contribution in [0.2, 0.25) is 0 Å². The fourth-order valence-corrected chi connectivity index (χ4v) is 6.67. The molecule has 2 N–H and O–H groups in total. The molecular weight excluding hydrogens is 546 g/mol. The highest BCUT2D eigenvalue weighted by molar-refractivity contribution is 8.13. The smallest absolute Gasteiger partial charge is 0.275 e. The maximum atomic E-state index is 12.9. The highest BCUT2D eigenvalue weighted by atomic mass is 32.2. The first-order valence-electron chi connectivity index (χ1n) is 12.8. The lowest BCUT2D eigenvalue weighted by Crippen LogP contribution is -2.53. The number of aliphatic imine (C=N–C) groups is 1. The average Bonchev–Trinajstić information content (AvgIpc) is 3.43. The fraction of sp³-hybridized carbons (Fsp3) is 0.345. The Hall–Kier alpha value is -3.72. The summed E-state index contributed by atoms with van der Waals surface area (Å²) in [6, 6.07) is 12.3. The van der Waals surface area contributed by atoms with E-state index in [1.165, 1.54) is 29.3 Å². The Balaban J connectivity index is 1.35. The van der Waals surface area contributed by atoms with Crippen LogP contribution < -0.4 is 15.4 Å². The van der Waals surface area contributed by atoms with Crippen molar-refractivity contribution in [3.8, 4) is 17.6 Å². The zero-order chi connectivity index (χ0) is 28.2. The molecule has 5 rings (SSSR count). The van der Waals surface area contributed by atoms with E-state index in [-0.39, 0.29) is 35.6 Å². The summed E-state index contributed by atoms with van der Waals surface area (Å²) in [5.41, 5.74) is -0.272. The number of aromatic nitrogens is 2. The van der Waals surface area contributed by atoms with Gasteiger partial charge in [0.25, 0.3) is 11.8 Å². The number of benzene rings is 1. The van der Waals surface area contributed by atoms with E-state index in [1.807, 2.05) is 18.2 Å². The third-order valence-corrected chi connectivity index (χ3v) is 8.69. The molecule has 9 nitrogen and oxygen atoms in total. The van der Waals surface area contributed by atoms with E-state index in [0.717, 1.165) is 17.2 Å². The van der Waals surface area contributed by atoms with E-state index in [2.05, 4.69) is 41.3 Å². The third-order valence-electron chi connectivity index (χ3n) is 6.65. The number of pyridine rings is 1. The van der Waals surface area contributed by atoms with Crippen LogP contribution in [0.3, 0.4) is 0 Å². The maximum absolute atomic E-state index is 12.9. The van der Waals surface area contributed by atoms with Gasteiger partial charge in [0.05, 0.1) is 18.4 Å². The van der Waals surface area contributed by atoms with Gasteiger partial charge in [-0.15, -0.1) is 17.3 Å². The molecule has 40 heavy (non-hydrogen) atoms. The summed E-state index contributed by atoms with van der Waals surface area (Å²) < 4.78 is 11.7. The quantitative estimate of drug-likeness (QED) is 0.408. The molecule has 2 aliphatic rings. The molecule has 206 valence electrons. The number of thiazole rings is 1. The number of amidine groups is 1. The molecular formula is C29H29N5O4S2. The monoisotopic (exact) mass is 575 g/mol. The first-order chi connectivity index (χ1) is 19.3. The molecule has 1 aromatic carbocycles. The topological polar surface area (TPSA) is 115 Å². The van der Waals surface area contributed by atoms with Crippen LogP contribution in [0.1, 0.15) is 53.0 Å². The van der Waals surface area contributed by atoms with Gasteiger partial charge in [-0.2, -0.15) is 0 Å². The maximum Gasteiger partial charge on any atom is 0.275 e. The summed E-state index contributed by atoms with van der Waals surface area (Å²) in [5.74, 6) is 6.80. The van der Waals surface area contributed by atoms with Crippen molar-refractivity contribution in [2.45, 2.75) is 38.3 Å². The lowest BCUT2D eigenvalue weighted by Gasteiger charge is -2.48. The molecule has 4 heterocycles. The van der Waals surface area contributed by atoms with Crippen molar-refractivity contribution in [2.24, 2.45) is 10.9 Å². The molecule has 1 saturated heterocycles. The number of ether oxygens (including phenoxy) is 2. The van der Waals surface area contributed by atoms with Crippen molar-refractivity contribution < 1.29 is 19.1 Å². The van der Waals surface area contributed by atoms with Gasteiger partial charge in [-0.05, 0) is 51.5 Å². The van der Waals surface area contributed by atoms with Gasteiger partial charge in [-0.25, -0.2) is 15.0 Å². The lowest BCUT2D eigenvalue weighted by molar-refractivity contribution is -0.109. The van der Waals surface area contributed by atoms with Gasteiger partial charge in [0.1, 0.15) is 34.4 Å². The number of thioether (sulfide) groups is 1. The van der Waals surface area contributed by atoms with Crippen molar-refractivity contribution in [1.29, 1.82) is 0 Å². The van der Waals surface area contributed by atoms with E-state index in [9.17, 15) is 9.59 Å².